The Morgan fingerprint density at radius 1 is 0.962 bits per heavy atom. The number of urea groups is 1. The molecule has 0 saturated carbocycles. The second-order valence-electron chi connectivity index (χ2n) is 6.21. The highest BCUT2D eigenvalue weighted by molar-refractivity contribution is 7.12. The first kappa shape index (κ1) is 18.4. The minimum atomic E-state index is -0.0149. The van der Waals surface area contributed by atoms with Gasteiger partial charge < -0.3 is 15.5 Å². The summed E-state index contributed by atoms with van der Waals surface area (Å²) >= 11 is 1.45. The Balaban J connectivity index is 1.32. The smallest absolute Gasteiger partial charge is 0.317 e. The largest absolute Gasteiger partial charge is 0.350 e. The summed E-state index contributed by atoms with van der Waals surface area (Å²) in [7, 11) is 0. The van der Waals surface area contributed by atoms with Crippen molar-refractivity contribution in [2.75, 3.05) is 39.3 Å². The highest BCUT2D eigenvalue weighted by Crippen LogP contribution is 2.08. The summed E-state index contributed by atoms with van der Waals surface area (Å²) in [6.45, 7) is 5.04. The zero-order chi connectivity index (χ0) is 18.2. The Morgan fingerprint density at radius 3 is 2.42 bits per heavy atom. The van der Waals surface area contributed by atoms with E-state index >= 15 is 0 Å². The lowest BCUT2D eigenvalue weighted by atomic mass is 10.2. The third-order valence-electron chi connectivity index (χ3n) is 4.40. The van der Waals surface area contributed by atoms with Crippen molar-refractivity contribution in [2.24, 2.45) is 0 Å². The van der Waals surface area contributed by atoms with Gasteiger partial charge in [0.05, 0.1) is 4.88 Å². The van der Waals surface area contributed by atoms with E-state index in [0.717, 1.165) is 30.1 Å². The maximum atomic E-state index is 12.3. The van der Waals surface area contributed by atoms with Gasteiger partial charge in [-0.05, 0) is 17.0 Å². The minimum absolute atomic E-state index is 0.0144. The van der Waals surface area contributed by atoms with E-state index in [2.05, 4.69) is 15.5 Å². The molecule has 2 aromatic rings. The van der Waals surface area contributed by atoms with Gasteiger partial charge in [0.1, 0.15) is 0 Å². The van der Waals surface area contributed by atoms with Gasteiger partial charge in [0.15, 0.2) is 0 Å². The molecule has 6 nitrogen and oxygen atoms in total. The molecule has 1 aliphatic heterocycles. The van der Waals surface area contributed by atoms with Crippen LogP contribution in [0.25, 0.3) is 0 Å². The maximum Gasteiger partial charge on any atom is 0.317 e. The average Bonchev–Trinajstić information content (AvgIpc) is 3.22. The Bertz CT molecular complexity index is 698. The van der Waals surface area contributed by atoms with Crippen LogP contribution in [0.2, 0.25) is 0 Å². The first-order valence-electron chi connectivity index (χ1n) is 8.83. The van der Waals surface area contributed by atoms with Gasteiger partial charge in [0, 0.05) is 45.8 Å². The zero-order valence-corrected chi connectivity index (χ0v) is 15.5. The van der Waals surface area contributed by atoms with Crippen LogP contribution in [0.5, 0.6) is 0 Å². The van der Waals surface area contributed by atoms with E-state index in [1.165, 1.54) is 11.3 Å². The van der Waals surface area contributed by atoms with Gasteiger partial charge in [-0.15, -0.1) is 11.3 Å². The number of rotatable bonds is 6. The number of nitrogens with one attached hydrogen (secondary N) is 2. The third kappa shape index (κ3) is 5.31. The monoisotopic (exact) mass is 372 g/mol. The number of amides is 3. The van der Waals surface area contributed by atoms with Gasteiger partial charge in [-0.2, -0.15) is 0 Å². The fourth-order valence-electron chi connectivity index (χ4n) is 2.88. The van der Waals surface area contributed by atoms with Crippen LogP contribution in [0, 0.1) is 0 Å². The fourth-order valence-corrected chi connectivity index (χ4v) is 3.52. The molecule has 1 fully saturated rings. The molecule has 3 amide bonds. The lowest BCUT2D eigenvalue weighted by Crippen LogP contribution is -2.52. The Labute approximate surface area is 157 Å². The van der Waals surface area contributed by atoms with Crippen LogP contribution in [0.4, 0.5) is 4.79 Å². The second kappa shape index (κ2) is 9.35. The summed E-state index contributed by atoms with van der Waals surface area (Å²) in [5.74, 6) is -0.0149. The number of benzene rings is 1. The molecular weight excluding hydrogens is 348 g/mol. The van der Waals surface area contributed by atoms with E-state index in [1.54, 1.807) is 0 Å². The van der Waals surface area contributed by atoms with E-state index in [4.69, 9.17) is 0 Å². The highest BCUT2D eigenvalue weighted by Gasteiger charge is 2.20. The van der Waals surface area contributed by atoms with Crippen LogP contribution in [0.15, 0.2) is 47.8 Å². The van der Waals surface area contributed by atoms with Crippen LogP contribution in [-0.4, -0.2) is 61.0 Å². The van der Waals surface area contributed by atoms with Crippen molar-refractivity contribution >= 4 is 23.3 Å². The SMILES string of the molecule is O=C(NCCN1CCN(C(=O)NCc2ccccc2)CC1)c1cccs1. The van der Waals surface area contributed by atoms with Gasteiger partial charge in [-0.3, -0.25) is 9.69 Å². The summed E-state index contributed by atoms with van der Waals surface area (Å²) in [6.07, 6.45) is 0. The maximum absolute atomic E-state index is 12.3. The van der Waals surface area contributed by atoms with Crippen molar-refractivity contribution in [1.82, 2.24) is 20.4 Å². The second-order valence-corrected chi connectivity index (χ2v) is 7.15. The number of hydrogen-bond acceptors (Lipinski definition) is 4. The van der Waals surface area contributed by atoms with Crippen molar-refractivity contribution in [1.29, 1.82) is 0 Å². The van der Waals surface area contributed by atoms with E-state index in [0.29, 0.717) is 26.2 Å². The Morgan fingerprint density at radius 2 is 1.73 bits per heavy atom. The van der Waals surface area contributed by atoms with Gasteiger partial charge >= 0.3 is 6.03 Å². The number of thiophene rings is 1. The lowest BCUT2D eigenvalue weighted by molar-refractivity contribution is 0.0946. The molecule has 3 rings (SSSR count). The topological polar surface area (TPSA) is 64.7 Å². The highest BCUT2D eigenvalue weighted by atomic mass is 32.1. The molecule has 2 heterocycles. The van der Waals surface area contributed by atoms with Crippen molar-refractivity contribution in [3.63, 3.8) is 0 Å². The van der Waals surface area contributed by atoms with Gasteiger partial charge in [-0.1, -0.05) is 36.4 Å². The molecule has 1 aromatic carbocycles. The third-order valence-corrected chi connectivity index (χ3v) is 5.27. The van der Waals surface area contributed by atoms with Gasteiger partial charge in [-0.25, -0.2) is 4.79 Å². The summed E-state index contributed by atoms with van der Waals surface area (Å²) in [4.78, 5) is 29.0. The van der Waals surface area contributed by atoms with Crippen LogP contribution in [0.3, 0.4) is 0 Å². The Kier molecular flexibility index (Phi) is 6.62. The predicted molar refractivity (Wildman–Crippen MR) is 103 cm³/mol. The molecule has 0 radical (unpaired) electrons. The molecule has 1 saturated heterocycles. The summed E-state index contributed by atoms with van der Waals surface area (Å²) in [5, 5.41) is 7.81. The van der Waals surface area contributed by atoms with Crippen LogP contribution in [-0.2, 0) is 6.54 Å². The quantitative estimate of drug-likeness (QED) is 0.815. The first-order valence-corrected chi connectivity index (χ1v) is 9.71. The zero-order valence-electron chi connectivity index (χ0n) is 14.7. The van der Waals surface area contributed by atoms with Crippen molar-refractivity contribution in [2.45, 2.75) is 6.54 Å². The summed E-state index contributed by atoms with van der Waals surface area (Å²) < 4.78 is 0. The molecule has 1 aliphatic rings. The standard InChI is InChI=1S/C19H24N4O2S/c24-18(17-7-4-14-26-17)20-8-9-22-10-12-23(13-11-22)19(25)21-15-16-5-2-1-3-6-16/h1-7,14H,8-13,15H2,(H,20,24)(H,21,25). The molecule has 26 heavy (non-hydrogen) atoms. The molecule has 0 aliphatic carbocycles. The summed E-state index contributed by atoms with van der Waals surface area (Å²) in [6, 6.07) is 13.6. The van der Waals surface area contributed by atoms with Crippen LogP contribution < -0.4 is 10.6 Å². The van der Waals surface area contributed by atoms with Crippen molar-refractivity contribution < 1.29 is 9.59 Å². The molecule has 2 N–H and O–H groups in total. The van der Waals surface area contributed by atoms with Gasteiger partial charge in [0.2, 0.25) is 0 Å². The van der Waals surface area contributed by atoms with Crippen molar-refractivity contribution in [3.05, 3.63) is 58.3 Å². The predicted octanol–water partition coefficient (Wildman–Crippen LogP) is 2.01. The van der Waals surface area contributed by atoms with Crippen molar-refractivity contribution in [3.8, 4) is 0 Å². The minimum Gasteiger partial charge on any atom is -0.350 e. The number of carbonyl (C=O) groups is 2. The lowest BCUT2D eigenvalue weighted by Gasteiger charge is -2.34. The molecule has 0 bridgehead atoms. The number of carbonyl (C=O) groups excluding carboxylic acids is 2. The normalized spacial score (nSPS) is 14.8. The summed E-state index contributed by atoms with van der Waals surface area (Å²) in [5.41, 5.74) is 1.10. The van der Waals surface area contributed by atoms with Crippen LogP contribution in [0.1, 0.15) is 15.2 Å². The fraction of sp³-hybridized carbons (Fsp3) is 0.368. The van der Waals surface area contributed by atoms with Crippen LogP contribution >= 0.6 is 11.3 Å². The van der Waals surface area contributed by atoms with E-state index in [1.807, 2.05) is 52.7 Å². The molecule has 138 valence electrons. The molecular formula is C19H24N4O2S. The molecule has 0 unspecified atom stereocenters. The first-order chi connectivity index (χ1) is 12.7. The molecule has 0 spiro atoms. The molecule has 1 aromatic heterocycles. The number of hydrogen-bond donors (Lipinski definition) is 2. The number of piperazine rings is 1. The van der Waals surface area contributed by atoms with E-state index in [9.17, 15) is 9.59 Å². The Hall–Kier alpha value is -2.38. The van der Waals surface area contributed by atoms with Gasteiger partial charge in [0.25, 0.3) is 5.91 Å². The van der Waals surface area contributed by atoms with E-state index < -0.39 is 0 Å². The average molecular weight is 372 g/mol. The number of nitrogens with zero attached hydrogens (tertiary/aromatic N) is 2. The molecule has 0 atom stereocenters. The molecule has 7 heteroatoms. The van der Waals surface area contributed by atoms with E-state index in [-0.39, 0.29) is 11.9 Å².